The monoisotopic (exact) mass is 440 g/mol. The van der Waals surface area contributed by atoms with Crippen molar-refractivity contribution >= 4 is 16.8 Å². The Morgan fingerprint density at radius 1 is 0.697 bits per heavy atom. The first-order valence-electron chi connectivity index (χ1n) is 11.9. The minimum Gasteiger partial charge on any atom is -0.508 e. The Labute approximate surface area is 196 Å². The molecular weight excluding hydrogens is 408 g/mol. The first-order valence-corrected chi connectivity index (χ1v) is 11.9. The van der Waals surface area contributed by atoms with Crippen molar-refractivity contribution in [2.75, 3.05) is 31.1 Å². The third kappa shape index (κ3) is 4.36. The van der Waals surface area contributed by atoms with Crippen LogP contribution in [-0.4, -0.2) is 47.3 Å². The van der Waals surface area contributed by atoms with E-state index in [0.29, 0.717) is 6.04 Å². The molecule has 0 spiro atoms. The summed E-state index contributed by atoms with van der Waals surface area (Å²) in [6.45, 7) is 8.84. The molecule has 33 heavy (non-hydrogen) atoms. The molecule has 2 aliphatic rings. The van der Waals surface area contributed by atoms with E-state index in [9.17, 15) is 10.2 Å². The Balaban J connectivity index is 1.52. The predicted octanol–water partition coefficient (Wildman–Crippen LogP) is 5.53. The molecular formula is C29H32N2O2. The van der Waals surface area contributed by atoms with Gasteiger partial charge in [-0.2, -0.15) is 0 Å². The molecule has 170 valence electrons. The van der Waals surface area contributed by atoms with Crippen LogP contribution in [0, 0.1) is 0 Å². The lowest BCUT2D eigenvalue weighted by Crippen LogP contribution is -2.48. The highest BCUT2D eigenvalue weighted by atomic mass is 16.3. The first kappa shape index (κ1) is 21.6. The smallest absolute Gasteiger partial charge is 0.116 e. The van der Waals surface area contributed by atoms with Crippen molar-refractivity contribution in [3.05, 3.63) is 89.0 Å². The number of aromatic hydroxyl groups is 2. The summed E-state index contributed by atoms with van der Waals surface area (Å²) in [6, 6.07) is 22.7. The summed E-state index contributed by atoms with van der Waals surface area (Å²) in [4.78, 5) is 5.00. The van der Waals surface area contributed by atoms with Gasteiger partial charge in [0.15, 0.2) is 0 Å². The van der Waals surface area contributed by atoms with Gasteiger partial charge in [0.2, 0.25) is 0 Å². The number of anilines is 1. The van der Waals surface area contributed by atoms with Gasteiger partial charge in [-0.15, -0.1) is 0 Å². The van der Waals surface area contributed by atoms with Crippen LogP contribution in [0.15, 0.2) is 66.7 Å². The van der Waals surface area contributed by atoms with Crippen molar-refractivity contribution in [1.82, 2.24) is 4.90 Å². The summed E-state index contributed by atoms with van der Waals surface area (Å²) in [5.41, 5.74) is 8.34. The minimum atomic E-state index is 0.275. The maximum atomic E-state index is 10.3. The predicted molar refractivity (Wildman–Crippen MR) is 136 cm³/mol. The number of hydrogen-bond acceptors (Lipinski definition) is 4. The lowest BCUT2D eigenvalue weighted by Gasteiger charge is -2.38. The van der Waals surface area contributed by atoms with E-state index in [4.69, 9.17) is 0 Å². The van der Waals surface area contributed by atoms with Gasteiger partial charge in [-0.3, -0.25) is 4.90 Å². The molecule has 1 aliphatic carbocycles. The average Bonchev–Trinajstić information content (AvgIpc) is 2.84. The van der Waals surface area contributed by atoms with Crippen LogP contribution in [0.3, 0.4) is 0 Å². The van der Waals surface area contributed by atoms with Gasteiger partial charge in [0.05, 0.1) is 0 Å². The highest BCUT2D eigenvalue weighted by Crippen LogP contribution is 2.42. The van der Waals surface area contributed by atoms with Crippen molar-refractivity contribution in [3.8, 4) is 11.5 Å². The SMILES string of the molecule is CC(C)N1CCN(c2ccc(C3=C(c4ccc(O)cc4)CCc4ccc(O)cc43)cc2)CC1. The molecule has 3 aromatic carbocycles. The van der Waals surface area contributed by atoms with Gasteiger partial charge in [-0.25, -0.2) is 0 Å². The maximum Gasteiger partial charge on any atom is 0.116 e. The lowest BCUT2D eigenvalue weighted by molar-refractivity contribution is 0.209. The van der Waals surface area contributed by atoms with Crippen LogP contribution in [0.5, 0.6) is 11.5 Å². The van der Waals surface area contributed by atoms with Crippen LogP contribution < -0.4 is 4.90 Å². The number of allylic oxidation sites excluding steroid dienone is 1. The molecule has 4 nitrogen and oxygen atoms in total. The van der Waals surface area contributed by atoms with Crippen LogP contribution in [-0.2, 0) is 6.42 Å². The zero-order valence-electron chi connectivity index (χ0n) is 19.5. The van der Waals surface area contributed by atoms with Gasteiger partial charge in [-0.05, 0) is 96.5 Å². The molecule has 1 aliphatic heterocycles. The Hall–Kier alpha value is -3.24. The van der Waals surface area contributed by atoms with Gasteiger partial charge in [0, 0.05) is 37.9 Å². The number of phenols is 2. The third-order valence-corrected chi connectivity index (χ3v) is 7.09. The fourth-order valence-corrected chi connectivity index (χ4v) is 5.18. The second-order valence-electron chi connectivity index (χ2n) is 9.41. The van der Waals surface area contributed by atoms with Gasteiger partial charge in [-0.1, -0.05) is 30.3 Å². The van der Waals surface area contributed by atoms with Gasteiger partial charge in [0.1, 0.15) is 11.5 Å². The summed E-state index contributed by atoms with van der Waals surface area (Å²) in [7, 11) is 0. The maximum absolute atomic E-state index is 10.3. The average molecular weight is 441 g/mol. The Bertz CT molecular complexity index is 1160. The van der Waals surface area contributed by atoms with E-state index < -0.39 is 0 Å². The van der Waals surface area contributed by atoms with Crippen molar-refractivity contribution < 1.29 is 10.2 Å². The van der Waals surface area contributed by atoms with E-state index in [-0.39, 0.29) is 11.5 Å². The summed E-state index contributed by atoms with van der Waals surface area (Å²) in [6.07, 6.45) is 1.87. The number of benzene rings is 3. The van der Waals surface area contributed by atoms with Gasteiger partial charge < -0.3 is 15.1 Å². The van der Waals surface area contributed by atoms with Crippen molar-refractivity contribution in [2.45, 2.75) is 32.7 Å². The number of rotatable bonds is 4. The molecule has 0 atom stereocenters. The number of fused-ring (bicyclic) bond motifs is 1. The summed E-state index contributed by atoms with van der Waals surface area (Å²) in [5, 5.41) is 20.0. The van der Waals surface area contributed by atoms with Crippen molar-refractivity contribution in [1.29, 1.82) is 0 Å². The second-order valence-corrected chi connectivity index (χ2v) is 9.41. The fourth-order valence-electron chi connectivity index (χ4n) is 5.18. The normalized spacial score (nSPS) is 16.9. The number of hydrogen-bond donors (Lipinski definition) is 2. The molecule has 2 N–H and O–H groups in total. The quantitative estimate of drug-likeness (QED) is 0.560. The van der Waals surface area contributed by atoms with Crippen molar-refractivity contribution in [2.24, 2.45) is 0 Å². The van der Waals surface area contributed by atoms with Crippen molar-refractivity contribution in [3.63, 3.8) is 0 Å². The first-order chi connectivity index (χ1) is 16.0. The topological polar surface area (TPSA) is 46.9 Å². The molecule has 0 aromatic heterocycles. The molecule has 0 radical (unpaired) electrons. The zero-order chi connectivity index (χ0) is 22.9. The Morgan fingerprint density at radius 2 is 1.33 bits per heavy atom. The van der Waals surface area contributed by atoms with Crippen LogP contribution >= 0.6 is 0 Å². The molecule has 0 saturated carbocycles. The van der Waals surface area contributed by atoms with Gasteiger partial charge >= 0.3 is 0 Å². The summed E-state index contributed by atoms with van der Waals surface area (Å²) in [5.74, 6) is 0.564. The highest BCUT2D eigenvalue weighted by molar-refractivity contribution is 6.01. The van der Waals surface area contributed by atoms with E-state index in [1.807, 2.05) is 24.3 Å². The molecule has 0 amide bonds. The third-order valence-electron chi connectivity index (χ3n) is 7.09. The Morgan fingerprint density at radius 3 is 2.00 bits per heavy atom. The van der Waals surface area contributed by atoms with E-state index in [1.54, 1.807) is 18.2 Å². The fraction of sp³-hybridized carbons (Fsp3) is 0.310. The summed E-state index contributed by atoms with van der Waals surface area (Å²) < 4.78 is 0. The molecule has 4 heteroatoms. The largest absolute Gasteiger partial charge is 0.508 e. The molecule has 0 bridgehead atoms. The summed E-state index contributed by atoms with van der Waals surface area (Å²) >= 11 is 0. The lowest BCUT2D eigenvalue weighted by atomic mass is 9.79. The molecule has 1 heterocycles. The minimum absolute atomic E-state index is 0.275. The van der Waals surface area contributed by atoms with E-state index in [1.165, 1.54) is 22.4 Å². The molecule has 1 fully saturated rings. The number of piperazine rings is 1. The molecule has 0 unspecified atom stereocenters. The van der Waals surface area contributed by atoms with Gasteiger partial charge in [0.25, 0.3) is 0 Å². The highest BCUT2D eigenvalue weighted by Gasteiger charge is 2.23. The second kappa shape index (κ2) is 8.95. The van der Waals surface area contributed by atoms with Crippen LogP contribution in [0.25, 0.3) is 11.1 Å². The number of aryl methyl sites for hydroxylation is 1. The van der Waals surface area contributed by atoms with E-state index in [0.717, 1.165) is 55.7 Å². The van der Waals surface area contributed by atoms with Crippen LogP contribution in [0.2, 0.25) is 0 Å². The van der Waals surface area contributed by atoms with Crippen LogP contribution in [0.1, 0.15) is 42.5 Å². The number of phenolic OH excluding ortho intramolecular Hbond substituents is 2. The van der Waals surface area contributed by atoms with E-state index >= 15 is 0 Å². The number of nitrogens with zero attached hydrogens (tertiary/aromatic N) is 2. The molecule has 5 rings (SSSR count). The molecule has 1 saturated heterocycles. The van der Waals surface area contributed by atoms with Crippen LogP contribution in [0.4, 0.5) is 5.69 Å². The Kier molecular flexibility index (Phi) is 5.86. The standard InChI is InChI=1S/C29H32N2O2/c1-20(2)30-15-17-31(18-16-30)24-9-3-23(4-10-24)29-27(21-5-11-25(32)12-6-21)14-8-22-7-13-26(33)19-28(22)29/h3-7,9-13,19-20,32-33H,8,14-18H2,1-2H3. The zero-order valence-corrected chi connectivity index (χ0v) is 19.5. The van der Waals surface area contributed by atoms with E-state index in [2.05, 4.69) is 47.9 Å². The molecule has 3 aromatic rings.